The minimum absolute atomic E-state index is 0.107. The highest BCUT2D eigenvalue weighted by Gasteiger charge is 2.15. The molecule has 1 atom stereocenters. The Morgan fingerprint density at radius 1 is 1.05 bits per heavy atom. The molecule has 116 valence electrons. The number of rotatable bonds is 5. The standard InChI is InChI=1S/C19H23NO2/c1-13-9-7-11-18(15(13)3)22-16(4)19(21)20-12-17-10-6-5-8-14(17)2/h5-11,16H,12H2,1-4H3,(H,20,21). The number of hydrogen-bond donors (Lipinski definition) is 1. The molecule has 0 spiro atoms. The fourth-order valence-electron chi connectivity index (χ4n) is 2.23. The zero-order chi connectivity index (χ0) is 16.1. The van der Waals surface area contributed by atoms with E-state index in [9.17, 15) is 4.79 Å². The number of benzene rings is 2. The largest absolute Gasteiger partial charge is 0.481 e. The third-order valence-electron chi connectivity index (χ3n) is 3.94. The molecule has 2 aromatic carbocycles. The summed E-state index contributed by atoms with van der Waals surface area (Å²) in [5, 5.41) is 2.93. The minimum atomic E-state index is -0.524. The van der Waals surface area contributed by atoms with Crippen LogP contribution < -0.4 is 10.1 Å². The maximum Gasteiger partial charge on any atom is 0.261 e. The Kier molecular flexibility index (Phi) is 5.21. The predicted molar refractivity (Wildman–Crippen MR) is 89.0 cm³/mol. The van der Waals surface area contributed by atoms with E-state index < -0.39 is 6.10 Å². The van der Waals surface area contributed by atoms with Gasteiger partial charge in [0.2, 0.25) is 0 Å². The molecular weight excluding hydrogens is 274 g/mol. The van der Waals surface area contributed by atoms with Crippen LogP contribution in [0.4, 0.5) is 0 Å². The fourth-order valence-corrected chi connectivity index (χ4v) is 2.23. The lowest BCUT2D eigenvalue weighted by atomic mass is 10.1. The number of carbonyl (C=O) groups is 1. The summed E-state index contributed by atoms with van der Waals surface area (Å²) in [7, 11) is 0. The van der Waals surface area contributed by atoms with Crippen molar-refractivity contribution < 1.29 is 9.53 Å². The van der Waals surface area contributed by atoms with E-state index in [0.717, 1.165) is 22.4 Å². The van der Waals surface area contributed by atoms with Gasteiger partial charge in [-0.2, -0.15) is 0 Å². The smallest absolute Gasteiger partial charge is 0.261 e. The van der Waals surface area contributed by atoms with E-state index in [-0.39, 0.29) is 5.91 Å². The van der Waals surface area contributed by atoms with Crippen LogP contribution in [0.25, 0.3) is 0 Å². The molecule has 0 bridgehead atoms. The van der Waals surface area contributed by atoms with Gasteiger partial charge in [0, 0.05) is 6.54 Å². The Balaban J connectivity index is 1.95. The summed E-state index contributed by atoms with van der Waals surface area (Å²) in [5.41, 5.74) is 4.52. The molecule has 3 nitrogen and oxygen atoms in total. The van der Waals surface area contributed by atoms with Crippen LogP contribution in [0.15, 0.2) is 42.5 Å². The molecule has 1 unspecified atom stereocenters. The average molecular weight is 297 g/mol. The number of nitrogens with one attached hydrogen (secondary N) is 1. The first kappa shape index (κ1) is 16.1. The second-order valence-corrected chi connectivity index (χ2v) is 5.60. The minimum Gasteiger partial charge on any atom is -0.481 e. The van der Waals surface area contributed by atoms with Gasteiger partial charge in [-0.15, -0.1) is 0 Å². The normalized spacial score (nSPS) is 11.8. The van der Waals surface area contributed by atoms with Crippen molar-refractivity contribution in [1.29, 1.82) is 0 Å². The molecular formula is C19H23NO2. The number of amides is 1. The molecule has 0 saturated heterocycles. The predicted octanol–water partition coefficient (Wildman–Crippen LogP) is 3.70. The van der Waals surface area contributed by atoms with Crippen LogP contribution in [0.1, 0.15) is 29.2 Å². The van der Waals surface area contributed by atoms with Crippen LogP contribution in [0.3, 0.4) is 0 Å². The summed E-state index contributed by atoms with van der Waals surface area (Å²) >= 11 is 0. The van der Waals surface area contributed by atoms with Crippen molar-refractivity contribution in [2.75, 3.05) is 0 Å². The van der Waals surface area contributed by atoms with Crippen molar-refractivity contribution in [3.8, 4) is 5.75 Å². The second kappa shape index (κ2) is 7.12. The van der Waals surface area contributed by atoms with Gasteiger partial charge >= 0.3 is 0 Å². The first-order chi connectivity index (χ1) is 10.5. The first-order valence-electron chi connectivity index (χ1n) is 7.54. The van der Waals surface area contributed by atoms with Crippen LogP contribution in [0.2, 0.25) is 0 Å². The Hall–Kier alpha value is -2.29. The molecule has 0 aliphatic heterocycles. The van der Waals surface area contributed by atoms with Gasteiger partial charge in [0.1, 0.15) is 5.75 Å². The fraction of sp³-hybridized carbons (Fsp3) is 0.316. The van der Waals surface area contributed by atoms with E-state index in [1.165, 1.54) is 5.56 Å². The highest BCUT2D eigenvalue weighted by atomic mass is 16.5. The Bertz CT molecular complexity index is 664. The van der Waals surface area contributed by atoms with E-state index in [4.69, 9.17) is 4.74 Å². The van der Waals surface area contributed by atoms with Crippen LogP contribution in [0, 0.1) is 20.8 Å². The van der Waals surface area contributed by atoms with E-state index in [1.54, 1.807) is 6.92 Å². The summed E-state index contributed by atoms with van der Waals surface area (Å²) in [6.45, 7) is 8.37. The number of hydrogen-bond acceptors (Lipinski definition) is 2. The van der Waals surface area contributed by atoms with Crippen molar-refractivity contribution in [3.63, 3.8) is 0 Å². The van der Waals surface area contributed by atoms with Crippen molar-refractivity contribution in [3.05, 3.63) is 64.7 Å². The summed E-state index contributed by atoms with van der Waals surface area (Å²) in [6, 6.07) is 13.9. The second-order valence-electron chi connectivity index (χ2n) is 5.60. The molecule has 3 heteroatoms. The molecule has 1 amide bonds. The van der Waals surface area contributed by atoms with Crippen molar-refractivity contribution >= 4 is 5.91 Å². The van der Waals surface area contributed by atoms with Crippen molar-refractivity contribution in [2.45, 2.75) is 40.3 Å². The van der Waals surface area contributed by atoms with E-state index in [0.29, 0.717) is 6.54 Å². The first-order valence-corrected chi connectivity index (χ1v) is 7.54. The zero-order valence-electron chi connectivity index (χ0n) is 13.6. The molecule has 1 N–H and O–H groups in total. The van der Waals surface area contributed by atoms with Gasteiger partial charge in [-0.05, 0) is 56.0 Å². The Morgan fingerprint density at radius 3 is 2.45 bits per heavy atom. The Morgan fingerprint density at radius 2 is 1.73 bits per heavy atom. The monoisotopic (exact) mass is 297 g/mol. The molecule has 0 aromatic heterocycles. The number of ether oxygens (including phenoxy) is 1. The van der Waals surface area contributed by atoms with Crippen LogP contribution in [0.5, 0.6) is 5.75 Å². The lowest BCUT2D eigenvalue weighted by Gasteiger charge is -2.17. The third kappa shape index (κ3) is 3.88. The molecule has 0 fully saturated rings. The molecule has 2 aromatic rings. The summed E-state index contributed by atoms with van der Waals surface area (Å²) in [4.78, 5) is 12.2. The molecule has 0 heterocycles. The van der Waals surface area contributed by atoms with E-state index in [1.807, 2.05) is 63.2 Å². The van der Waals surface area contributed by atoms with Gasteiger partial charge < -0.3 is 10.1 Å². The van der Waals surface area contributed by atoms with Gasteiger partial charge in [-0.1, -0.05) is 36.4 Å². The molecule has 2 rings (SSSR count). The van der Waals surface area contributed by atoms with Gasteiger partial charge in [-0.25, -0.2) is 0 Å². The highest BCUT2D eigenvalue weighted by molar-refractivity contribution is 5.80. The maximum absolute atomic E-state index is 12.2. The van der Waals surface area contributed by atoms with Gasteiger partial charge in [0.25, 0.3) is 5.91 Å². The lowest BCUT2D eigenvalue weighted by Crippen LogP contribution is -2.36. The van der Waals surface area contributed by atoms with Crippen LogP contribution in [-0.2, 0) is 11.3 Å². The molecule has 0 aliphatic carbocycles. The Labute approximate surface area is 132 Å². The quantitative estimate of drug-likeness (QED) is 0.914. The maximum atomic E-state index is 12.2. The average Bonchev–Trinajstić information content (AvgIpc) is 2.50. The number of aryl methyl sites for hydroxylation is 2. The summed E-state index contributed by atoms with van der Waals surface area (Å²) in [6.07, 6.45) is -0.524. The van der Waals surface area contributed by atoms with Crippen molar-refractivity contribution in [2.24, 2.45) is 0 Å². The summed E-state index contributed by atoms with van der Waals surface area (Å²) < 4.78 is 5.79. The molecule has 0 saturated carbocycles. The van der Waals surface area contributed by atoms with Crippen molar-refractivity contribution in [1.82, 2.24) is 5.32 Å². The topological polar surface area (TPSA) is 38.3 Å². The van der Waals surface area contributed by atoms with E-state index in [2.05, 4.69) is 5.32 Å². The third-order valence-corrected chi connectivity index (χ3v) is 3.94. The molecule has 0 aliphatic rings. The van der Waals surface area contributed by atoms with Crippen LogP contribution in [-0.4, -0.2) is 12.0 Å². The van der Waals surface area contributed by atoms with Crippen LogP contribution >= 0.6 is 0 Å². The van der Waals surface area contributed by atoms with E-state index >= 15 is 0 Å². The highest BCUT2D eigenvalue weighted by Crippen LogP contribution is 2.21. The van der Waals surface area contributed by atoms with Gasteiger partial charge in [-0.3, -0.25) is 4.79 Å². The van der Waals surface area contributed by atoms with Gasteiger partial charge in [0.05, 0.1) is 0 Å². The van der Waals surface area contributed by atoms with Gasteiger partial charge in [0.15, 0.2) is 6.10 Å². The number of carbonyl (C=O) groups excluding carboxylic acids is 1. The molecule has 22 heavy (non-hydrogen) atoms. The SMILES string of the molecule is Cc1ccccc1CNC(=O)C(C)Oc1cccc(C)c1C. The molecule has 0 radical (unpaired) electrons. The summed E-state index contributed by atoms with van der Waals surface area (Å²) in [5.74, 6) is 0.655. The zero-order valence-corrected chi connectivity index (χ0v) is 13.6. The lowest BCUT2D eigenvalue weighted by molar-refractivity contribution is -0.127.